The van der Waals surface area contributed by atoms with Crippen LogP contribution in [0.1, 0.15) is 37.7 Å². The Morgan fingerprint density at radius 2 is 1.71 bits per heavy atom. The summed E-state index contributed by atoms with van der Waals surface area (Å²) in [6.45, 7) is 7.14. The van der Waals surface area contributed by atoms with Crippen molar-refractivity contribution in [1.82, 2.24) is 9.80 Å². The Bertz CT molecular complexity index is 617. The summed E-state index contributed by atoms with van der Waals surface area (Å²) in [6, 6.07) is 20.7. The lowest BCUT2D eigenvalue weighted by Gasteiger charge is -2.40. The maximum absolute atomic E-state index is 5.42. The van der Waals surface area contributed by atoms with Crippen molar-refractivity contribution in [3.63, 3.8) is 0 Å². The minimum absolute atomic E-state index is 0.648. The highest BCUT2D eigenvalue weighted by Gasteiger charge is 2.30. The van der Waals surface area contributed by atoms with Gasteiger partial charge in [-0.25, -0.2) is 0 Å². The first-order valence-corrected chi connectivity index (χ1v) is 10.6. The normalized spacial score (nSPS) is 19.8. The molecule has 0 radical (unpaired) electrons. The Morgan fingerprint density at radius 3 is 2.29 bits per heavy atom. The number of piperidine rings is 1. The van der Waals surface area contributed by atoms with E-state index >= 15 is 0 Å². The van der Waals surface area contributed by atoms with Crippen molar-refractivity contribution in [2.75, 3.05) is 47.4 Å². The van der Waals surface area contributed by atoms with Gasteiger partial charge in [0.2, 0.25) is 0 Å². The van der Waals surface area contributed by atoms with E-state index in [0.717, 1.165) is 12.3 Å². The number of hydrogen-bond donors (Lipinski definition) is 0. The Morgan fingerprint density at radius 1 is 1.04 bits per heavy atom. The van der Waals surface area contributed by atoms with Crippen molar-refractivity contribution < 1.29 is 4.74 Å². The molecule has 2 aromatic rings. The fourth-order valence-corrected chi connectivity index (χ4v) is 4.04. The molecule has 1 heterocycles. The fraction of sp³-hybridized carbons (Fsp3) is 0.520. The maximum atomic E-state index is 5.42. The van der Waals surface area contributed by atoms with E-state index in [1.54, 1.807) is 7.11 Å². The van der Waals surface area contributed by atoms with Crippen LogP contribution in [0.25, 0.3) is 0 Å². The first kappa shape index (κ1) is 22.4. The Labute approximate surface area is 172 Å². The second-order valence-corrected chi connectivity index (χ2v) is 8.00. The monoisotopic (exact) mass is 382 g/mol. The lowest BCUT2D eigenvalue weighted by Crippen LogP contribution is -2.43. The van der Waals surface area contributed by atoms with E-state index in [2.05, 4.69) is 49.0 Å². The highest BCUT2D eigenvalue weighted by molar-refractivity contribution is 5.31. The fourth-order valence-electron chi connectivity index (χ4n) is 4.04. The van der Waals surface area contributed by atoms with Crippen LogP contribution in [0.15, 0.2) is 60.7 Å². The second-order valence-electron chi connectivity index (χ2n) is 8.00. The highest BCUT2D eigenvalue weighted by atomic mass is 16.5. The summed E-state index contributed by atoms with van der Waals surface area (Å²) >= 11 is 0. The molecule has 2 unspecified atom stereocenters. The molecule has 0 spiro atoms. The van der Waals surface area contributed by atoms with Gasteiger partial charge in [0.1, 0.15) is 5.75 Å². The standard InChI is InChI=1S/C19H32N2O.C6H6/c1-5-6-11-21-12-10-19(17(15-21)14-20(2)3)16-8-7-9-18(13-16)22-4;1-2-4-6-5-3-1/h7-9,13,17,19H,5-6,10-12,14-15H2,1-4H3;1-6H. The molecule has 28 heavy (non-hydrogen) atoms. The zero-order valence-corrected chi connectivity index (χ0v) is 18.2. The predicted octanol–water partition coefficient (Wildman–Crippen LogP) is 5.15. The van der Waals surface area contributed by atoms with Crippen LogP contribution < -0.4 is 4.74 Å². The second kappa shape index (κ2) is 12.6. The Kier molecular flexibility index (Phi) is 10.1. The maximum Gasteiger partial charge on any atom is 0.119 e. The SMILES string of the molecule is CCCCN1CCC(c2cccc(OC)c2)C(CN(C)C)C1.c1ccccc1. The van der Waals surface area contributed by atoms with Crippen molar-refractivity contribution in [3.05, 3.63) is 66.2 Å². The van der Waals surface area contributed by atoms with Crippen molar-refractivity contribution >= 4 is 0 Å². The van der Waals surface area contributed by atoms with Crippen LogP contribution in [0.3, 0.4) is 0 Å². The third-order valence-electron chi connectivity index (χ3n) is 5.43. The van der Waals surface area contributed by atoms with Crippen LogP contribution in [0, 0.1) is 5.92 Å². The molecule has 0 bridgehead atoms. The summed E-state index contributed by atoms with van der Waals surface area (Å²) in [4.78, 5) is 5.00. The van der Waals surface area contributed by atoms with Gasteiger partial charge in [0.15, 0.2) is 0 Å². The van der Waals surface area contributed by atoms with Crippen molar-refractivity contribution in [1.29, 1.82) is 0 Å². The van der Waals surface area contributed by atoms with Crippen LogP contribution in [0.5, 0.6) is 5.75 Å². The van der Waals surface area contributed by atoms with Crippen LogP contribution in [-0.2, 0) is 0 Å². The van der Waals surface area contributed by atoms with Crippen molar-refractivity contribution in [2.45, 2.75) is 32.1 Å². The molecule has 3 heteroatoms. The van der Waals surface area contributed by atoms with Gasteiger partial charge in [-0.1, -0.05) is 61.9 Å². The number of methoxy groups -OCH3 is 1. The van der Waals surface area contributed by atoms with Crippen molar-refractivity contribution in [3.8, 4) is 5.75 Å². The Hall–Kier alpha value is -1.84. The third-order valence-corrected chi connectivity index (χ3v) is 5.43. The topological polar surface area (TPSA) is 15.7 Å². The van der Waals surface area contributed by atoms with Gasteiger partial charge in [-0.2, -0.15) is 0 Å². The van der Waals surface area contributed by atoms with Crippen LogP contribution in [-0.4, -0.2) is 57.2 Å². The molecule has 3 nitrogen and oxygen atoms in total. The van der Waals surface area contributed by atoms with E-state index < -0.39 is 0 Å². The molecular formula is C25H38N2O. The van der Waals surface area contributed by atoms with Crippen LogP contribution in [0.2, 0.25) is 0 Å². The zero-order chi connectivity index (χ0) is 20.2. The summed E-state index contributed by atoms with van der Waals surface area (Å²) in [5.74, 6) is 2.33. The Balaban J connectivity index is 0.000000397. The van der Waals surface area contributed by atoms with Gasteiger partial charge in [-0.05, 0) is 69.6 Å². The van der Waals surface area contributed by atoms with E-state index in [1.165, 1.54) is 44.5 Å². The van der Waals surface area contributed by atoms with Crippen LogP contribution >= 0.6 is 0 Å². The largest absolute Gasteiger partial charge is 0.497 e. The minimum Gasteiger partial charge on any atom is -0.497 e. The molecular weight excluding hydrogens is 344 g/mol. The van der Waals surface area contributed by atoms with E-state index in [0.29, 0.717) is 11.8 Å². The first-order valence-electron chi connectivity index (χ1n) is 10.6. The number of likely N-dealkylation sites (tertiary alicyclic amines) is 1. The molecule has 3 rings (SSSR count). The van der Waals surface area contributed by atoms with E-state index in [-0.39, 0.29) is 0 Å². The molecule has 1 aliphatic rings. The quantitative estimate of drug-likeness (QED) is 0.659. The summed E-state index contributed by atoms with van der Waals surface area (Å²) in [5, 5.41) is 0. The van der Waals surface area contributed by atoms with Gasteiger partial charge in [0.05, 0.1) is 7.11 Å². The number of ether oxygens (including phenoxy) is 1. The number of hydrogen-bond acceptors (Lipinski definition) is 3. The third kappa shape index (κ3) is 7.65. The number of rotatable bonds is 7. The van der Waals surface area contributed by atoms with Gasteiger partial charge in [-0.3, -0.25) is 0 Å². The molecule has 0 amide bonds. The molecule has 0 saturated carbocycles. The van der Waals surface area contributed by atoms with Gasteiger partial charge in [0.25, 0.3) is 0 Å². The molecule has 0 aromatic heterocycles. The predicted molar refractivity (Wildman–Crippen MR) is 120 cm³/mol. The van der Waals surface area contributed by atoms with E-state index in [9.17, 15) is 0 Å². The molecule has 1 saturated heterocycles. The van der Waals surface area contributed by atoms with Gasteiger partial charge in [-0.15, -0.1) is 0 Å². The molecule has 0 aliphatic carbocycles. The van der Waals surface area contributed by atoms with E-state index in [4.69, 9.17) is 4.74 Å². The number of benzene rings is 2. The first-order chi connectivity index (χ1) is 13.6. The van der Waals surface area contributed by atoms with Crippen molar-refractivity contribution in [2.24, 2.45) is 5.92 Å². The molecule has 2 atom stereocenters. The smallest absolute Gasteiger partial charge is 0.119 e. The lowest BCUT2D eigenvalue weighted by molar-refractivity contribution is 0.129. The molecule has 2 aromatic carbocycles. The number of nitrogens with zero attached hydrogens (tertiary/aromatic N) is 2. The average Bonchev–Trinajstić information content (AvgIpc) is 2.73. The highest BCUT2D eigenvalue weighted by Crippen LogP contribution is 2.35. The minimum atomic E-state index is 0.648. The molecule has 0 N–H and O–H groups in total. The molecule has 154 valence electrons. The zero-order valence-electron chi connectivity index (χ0n) is 18.2. The summed E-state index contributed by atoms with van der Waals surface area (Å²) < 4.78 is 5.42. The van der Waals surface area contributed by atoms with Crippen LogP contribution in [0.4, 0.5) is 0 Å². The summed E-state index contributed by atoms with van der Waals surface area (Å²) in [5.41, 5.74) is 1.45. The van der Waals surface area contributed by atoms with Gasteiger partial charge in [0, 0.05) is 13.1 Å². The summed E-state index contributed by atoms with van der Waals surface area (Å²) in [6.07, 6.45) is 3.86. The number of unbranched alkanes of at least 4 members (excludes halogenated alkanes) is 1. The molecule has 1 aliphatic heterocycles. The lowest BCUT2D eigenvalue weighted by atomic mass is 9.80. The average molecular weight is 383 g/mol. The summed E-state index contributed by atoms with van der Waals surface area (Å²) in [7, 11) is 6.13. The molecule has 1 fully saturated rings. The van der Waals surface area contributed by atoms with Gasteiger partial charge >= 0.3 is 0 Å². The van der Waals surface area contributed by atoms with Gasteiger partial charge < -0.3 is 14.5 Å². The van der Waals surface area contributed by atoms with E-state index in [1.807, 2.05) is 42.5 Å².